The number of nitrogens with one attached hydrogen (secondary N) is 1. The van der Waals surface area contributed by atoms with Gasteiger partial charge in [0, 0.05) is 13.2 Å². The van der Waals surface area contributed by atoms with Crippen molar-refractivity contribution < 1.29 is 9.47 Å². The Balaban J connectivity index is 2.25. The molecule has 1 aromatic rings. The SMILES string of the molecule is COCCOc1ccc(CCCCCNC(C)C)cc1Br. The third-order valence-electron chi connectivity index (χ3n) is 3.24. The lowest BCUT2D eigenvalue weighted by Crippen LogP contribution is -2.23. The van der Waals surface area contributed by atoms with Gasteiger partial charge in [0.1, 0.15) is 12.4 Å². The van der Waals surface area contributed by atoms with Gasteiger partial charge in [-0.15, -0.1) is 0 Å². The molecule has 0 aromatic heterocycles. The third kappa shape index (κ3) is 8.44. The molecule has 0 atom stereocenters. The summed E-state index contributed by atoms with van der Waals surface area (Å²) in [5, 5.41) is 3.45. The Morgan fingerprint density at radius 1 is 1.14 bits per heavy atom. The normalized spacial score (nSPS) is 11.1. The number of hydrogen-bond acceptors (Lipinski definition) is 3. The van der Waals surface area contributed by atoms with Gasteiger partial charge in [0.05, 0.1) is 11.1 Å². The molecule has 0 fully saturated rings. The molecule has 0 unspecified atom stereocenters. The average molecular weight is 358 g/mol. The lowest BCUT2D eigenvalue weighted by Gasteiger charge is -2.10. The van der Waals surface area contributed by atoms with Gasteiger partial charge in [-0.1, -0.05) is 26.3 Å². The van der Waals surface area contributed by atoms with Crippen molar-refractivity contribution in [2.45, 2.75) is 45.6 Å². The quantitative estimate of drug-likeness (QED) is 0.602. The standard InChI is InChI=1S/C17H28BrNO2/c1-14(2)19-10-6-4-5-7-15-8-9-17(16(18)13-15)21-12-11-20-3/h8-9,13-14,19H,4-7,10-12H2,1-3H3. The Morgan fingerprint density at radius 2 is 1.95 bits per heavy atom. The Labute approximate surface area is 137 Å². The predicted octanol–water partition coefficient (Wildman–Crippen LogP) is 4.19. The van der Waals surface area contributed by atoms with Crippen molar-refractivity contribution in [3.8, 4) is 5.75 Å². The largest absolute Gasteiger partial charge is 0.490 e. The molecule has 0 aliphatic rings. The highest BCUT2D eigenvalue weighted by molar-refractivity contribution is 9.10. The number of aryl methyl sites for hydroxylation is 1. The van der Waals surface area contributed by atoms with Crippen LogP contribution in [0.1, 0.15) is 38.7 Å². The monoisotopic (exact) mass is 357 g/mol. The molecule has 1 rings (SSSR count). The zero-order chi connectivity index (χ0) is 15.5. The van der Waals surface area contributed by atoms with Crippen molar-refractivity contribution in [3.63, 3.8) is 0 Å². The third-order valence-corrected chi connectivity index (χ3v) is 3.86. The van der Waals surface area contributed by atoms with E-state index in [-0.39, 0.29) is 0 Å². The van der Waals surface area contributed by atoms with Crippen molar-refractivity contribution in [2.75, 3.05) is 26.9 Å². The fraction of sp³-hybridized carbons (Fsp3) is 0.647. The molecule has 0 bridgehead atoms. The molecule has 0 saturated carbocycles. The molecule has 0 saturated heterocycles. The zero-order valence-electron chi connectivity index (χ0n) is 13.5. The molecule has 1 aromatic carbocycles. The maximum absolute atomic E-state index is 5.63. The van der Waals surface area contributed by atoms with E-state index in [1.54, 1.807) is 7.11 Å². The predicted molar refractivity (Wildman–Crippen MR) is 92.2 cm³/mol. The van der Waals surface area contributed by atoms with Crippen molar-refractivity contribution in [1.82, 2.24) is 5.32 Å². The van der Waals surface area contributed by atoms with Crippen LogP contribution in [0.5, 0.6) is 5.75 Å². The van der Waals surface area contributed by atoms with Crippen LogP contribution in [0.15, 0.2) is 22.7 Å². The molecule has 3 nitrogen and oxygen atoms in total. The van der Waals surface area contributed by atoms with Gasteiger partial charge < -0.3 is 14.8 Å². The summed E-state index contributed by atoms with van der Waals surface area (Å²) in [6.45, 7) is 6.69. The molecule has 4 heteroatoms. The Morgan fingerprint density at radius 3 is 2.62 bits per heavy atom. The second-order valence-electron chi connectivity index (χ2n) is 5.53. The Kier molecular flexibility index (Phi) is 9.72. The van der Waals surface area contributed by atoms with Crippen molar-refractivity contribution in [1.29, 1.82) is 0 Å². The number of rotatable bonds is 11. The molecule has 0 aliphatic heterocycles. The van der Waals surface area contributed by atoms with Crippen LogP contribution in [-0.2, 0) is 11.2 Å². The van der Waals surface area contributed by atoms with Crippen LogP contribution in [0.2, 0.25) is 0 Å². The number of halogens is 1. The first-order chi connectivity index (χ1) is 10.1. The summed E-state index contributed by atoms with van der Waals surface area (Å²) < 4.78 is 11.6. The summed E-state index contributed by atoms with van der Waals surface area (Å²) in [7, 11) is 1.68. The highest BCUT2D eigenvalue weighted by Gasteiger charge is 2.03. The molecular formula is C17H28BrNO2. The van der Waals surface area contributed by atoms with Crippen LogP contribution < -0.4 is 10.1 Å². The van der Waals surface area contributed by atoms with Gasteiger partial charge in [-0.05, 0) is 59.4 Å². The average Bonchev–Trinajstić information content (AvgIpc) is 2.45. The second-order valence-corrected chi connectivity index (χ2v) is 6.38. The summed E-state index contributed by atoms with van der Waals surface area (Å²) in [5.41, 5.74) is 1.36. The molecule has 21 heavy (non-hydrogen) atoms. The fourth-order valence-corrected chi connectivity index (χ4v) is 2.61. The number of hydrogen-bond donors (Lipinski definition) is 1. The number of unbranched alkanes of at least 4 members (excludes halogenated alkanes) is 2. The zero-order valence-corrected chi connectivity index (χ0v) is 15.0. The fourth-order valence-electron chi connectivity index (χ4n) is 2.07. The van der Waals surface area contributed by atoms with E-state index >= 15 is 0 Å². The summed E-state index contributed by atoms with van der Waals surface area (Å²) in [4.78, 5) is 0. The maximum atomic E-state index is 5.63. The smallest absolute Gasteiger partial charge is 0.133 e. The van der Waals surface area contributed by atoms with E-state index in [2.05, 4.69) is 47.2 Å². The molecule has 0 amide bonds. The van der Waals surface area contributed by atoms with Crippen molar-refractivity contribution >= 4 is 15.9 Å². The van der Waals surface area contributed by atoms with Gasteiger partial charge in [-0.3, -0.25) is 0 Å². The van der Waals surface area contributed by atoms with Crippen LogP contribution >= 0.6 is 15.9 Å². The van der Waals surface area contributed by atoms with Crippen LogP contribution in [0.25, 0.3) is 0 Å². The first kappa shape index (κ1) is 18.5. The Bertz CT molecular complexity index is 396. The van der Waals surface area contributed by atoms with Crippen LogP contribution in [0, 0.1) is 0 Å². The molecule has 120 valence electrons. The van der Waals surface area contributed by atoms with Gasteiger partial charge in [0.2, 0.25) is 0 Å². The molecule has 0 spiro atoms. The van der Waals surface area contributed by atoms with Crippen molar-refractivity contribution in [3.05, 3.63) is 28.2 Å². The van der Waals surface area contributed by atoms with Gasteiger partial charge >= 0.3 is 0 Å². The molecule has 0 radical (unpaired) electrons. The molecule has 1 N–H and O–H groups in total. The summed E-state index contributed by atoms with van der Waals surface area (Å²) >= 11 is 3.57. The lowest BCUT2D eigenvalue weighted by atomic mass is 10.1. The molecular weight excluding hydrogens is 330 g/mol. The second kappa shape index (κ2) is 11.0. The minimum absolute atomic E-state index is 0.581. The summed E-state index contributed by atoms with van der Waals surface area (Å²) in [6, 6.07) is 6.94. The topological polar surface area (TPSA) is 30.5 Å². The van der Waals surface area contributed by atoms with E-state index in [0.29, 0.717) is 19.3 Å². The summed E-state index contributed by atoms with van der Waals surface area (Å²) in [6.07, 6.45) is 4.87. The van der Waals surface area contributed by atoms with Crippen molar-refractivity contribution in [2.24, 2.45) is 0 Å². The van der Waals surface area contributed by atoms with Crippen LogP contribution in [0.4, 0.5) is 0 Å². The number of methoxy groups -OCH3 is 1. The minimum atomic E-state index is 0.581. The first-order valence-corrected chi connectivity index (χ1v) is 8.56. The van der Waals surface area contributed by atoms with Gasteiger partial charge in [0.25, 0.3) is 0 Å². The Hall–Kier alpha value is -0.580. The number of ether oxygens (including phenoxy) is 2. The maximum Gasteiger partial charge on any atom is 0.133 e. The van der Waals surface area contributed by atoms with E-state index in [1.165, 1.54) is 24.8 Å². The van der Waals surface area contributed by atoms with E-state index in [9.17, 15) is 0 Å². The summed E-state index contributed by atoms with van der Waals surface area (Å²) in [5.74, 6) is 0.886. The highest BCUT2D eigenvalue weighted by atomic mass is 79.9. The van der Waals surface area contributed by atoms with Gasteiger partial charge in [-0.2, -0.15) is 0 Å². The number of benzene rings is 1. The first-order valence-electron chi connectivity index (χ1n) is 7.77. The van der Waals surface area contributed by atoms with E-state index in [1.807, 2.05) is 6.07 Å². The van der Waals surface area contributed by atoms with Crippen LogP contribution in [-0.4, -0.2) is 32.9 Å². The van der Waals surface area contributed by atoms with Gasteiger partial charge in [0.15, 0.2) is 0 Å². The highest BCUT2D eigenvalue weighted by Crippen LogP contribution is 2.26. The van der Waals surface area contributed by atoms with E-state index in [4.69, 9.17) is 9.47 Å². The van der Waals surface area contributed by atoms with Gasteiger partial charge in [-0.25, -0.2) is 0 Å². The minimum Gasteiger partial charge on any atom is -0.490 e. The molecule has 0 aliphatic carbocycles. The van der Waals surface area contributed by atoms with Crippen LogP contribution in [0.3, 0.4) is 0 Å². The molecule has 0 heterocycles. The van der Waals surface area contributed by atoms with E-state index < -0.39 is 0 Å². The van der Waals surface area contributed by atoms with E-state index in [0.717, 1.165) is 23.2 Å². The lowest BCUT2D eigenvalue weighted by molar-refractivity contribution is 0.146.